The summed E-state index contributed by atoms with van der Waals surface area (Å²) in [5.41, 5.74) is 4.63. The first-order chi connectivity index (χ1) is 14.3. The van der Waals surface area contributed by atoms with Gasteiger partial charge in [0.2, 0.25) is 0 Å². The molecule has 0 saturated carbocycles. The average molecular weight is 423 g/mol. The molecule has 3 aromatic rings. The summed E-state index contributed by atoms with van der Waals surface area (Å²) in [5, 5.41) is 11.0. The molecule has 1 atom stereocenters. The fourth-order valence-corrected chi connectivity index (χ4v) is 3.91. The Kier molecular flexibility index (Phi) is 6.03. The van der Waals surface area contributed by atoms with E-state index in [1.54, 1.807) is 0 Å². The van der Waals surface area contributed by atoms with Crippen molar-refractivity contribution in [3.8, 4) is 11.1 Å². The van der Waals surface area contributed by atoms with Crippen LogP contribution in [0.4, 0.5) is 0 Å². The monoisotopic (exact) mass is 422 g/mol. The molecule has 0 aliphatic carbocycles. The number of fused-ring (bicyclic) bond motifs is 1. The van der Waals surface area contributed by atoms with Gasteiger partial charge in [0.15, 0.2) is 6.10 Å². The van der Waals surface area contributed by atoms with E-state index in [0.29, 0.717) is 11.3 Å². The van der Waals surface area contributed by atoms with Crippen LogP contribution in [0.25, 0.3) is 22.2 Å². The van der Waals surface area contributed by atoms with Gasteiger partial charge in [-0.25, -0.2) is 9.78 Å². The molecule has 31 heavy (non-hydrogen) atoms. The van der Waals surface area contributed by atoms with E-state index in [4.69, 9.17) is 9.72 Å². The highest BCUT2D eigenvalue weighted by atomic mass is 16.5. The number of hydrogen-bond acceptors (Lipinski definition) is 3. The van der Waals surface area contributed by atoms with Crippen LogP contribution in [-0.2, 0) is 16.1 Å². The predicted molar refractivity (Wildman–Crippen MR) is 125 cm³/mol. The Morgan fingerprint density at radius 3 is 2.19 bits per heavy atom. The van der Waals surface area contributed by atoms with Crippen molar-refractivity contribution in [3.63, 3.8) is 0 Å². The van der Waals surface area contributed by atoms with E-state index in [0.717, 1.165) is 34.3 Å². The first kappa shape index (κ1) is 23.0. The van der Waals surface area contributed by atoms with Gasteiger partial charge in [0.1, 0.15) is 5.65 Å². The Labute approximate surface area is 185 Å². The van der Waals surface area contributed by atoms with Crippen LogP contribution in [0.5, 0.6) is 0 Å². The van der Waals surface area contributed by atoms with E-state index in [2.05, 4.69) is 25.3 Å². The van der Waals surface area contributed by atoms with E-state index in [-0.39, 0.29) is 5.41 Å². The number of aryl methyl sites for hydroxylation is 2. The summed E-state index contributed by atoms with van der Waals surface area (Å²) in [7, 11) is 0. The van der Waals surface area contributed by atoms with E-state index in [9.17, 15) is 9.90 Å². The normalized spacial score (nSPS) is 13.5. The van der Waals surface area contributed by atoms with Crippen LogP contribution < -0.4 is 0 Å². The van der Waals surface area contributed by atoms with Gasteiger partial charge in [0, 0.05) is 34.9 Å². The average Bonchev–Trinajstić information content (AvgIpc) is 2.99. The van der Waals surface area contributed by atoms with Crippen LogP contribution in [0.1, 0.15) is 64.5 Å². The lowest BCUT2D eigenvalue weighted by atomic mass is 9.92. The van der Waals surface area contributed by atoms with Crippen LogP contribution in [0, 0.1) is 19.3 Å². The highest BCUT2D eigenvalue weighted by Crippen LogP contribution is 2.40. The van der Waals surface area contributed by atoms with Gasteiger partial charge in [-0.2, -0.15) is 0 Å². The molecule has 2 aromatic heterocycles. The van der Waals surface area contributed by atoms with Gasteiger partial charge in [-0.15, -0.1) is 0 Å². The Morgan fingerprint density at radius 2 is 1.68 bits per heavy atom. The number of pyridine rings is 1. The van der Waals surface area contributed by atoms with Crippen molar-refractivity contribution in [2.75, 3.05) is 0 Å². The number of carboxylic acids is 1. The topological polar surface area (TPSA) is 64.3 Å². The van der Waals surface area contributed by atoms with Crippen LogP contribution >= 0.6 is 0 Å². The van der Waals surface area contributed by atoms with Crippen molar-refractivity contribution in [3.05, 3.63) is 53.3 Å². The maximum Gasteiger partial charge on any atom is 0.337 e. The summed E-state index contributed by atoms with van der Waals surface area (Å²) in [6.07, 6.45) is 0.934. The Bertz CT molecular complexity index is 1100. The number of benzene rings is 1. The molecule has 2 heterocycles. The van der Waals surface area contributed by atoms with E-state index >= 15 is 0 Å². The molecule has 5 nitrogen and oxygen atoms in total. The minimum absolute atomic E-state index is 0.0865. The lowest BCUT2D eigenvalue weighted by Crippen LogP contribution is -2.28. The third kappa shape index (κ3) is 5.16. The first-order valence-electron chi connectivity index (χ1n) is 10.7. The molecule has 0 amide bonds. The molecule has 0 fully saturated rings. The quantitative estimate of drug-likeness (QED) is 0.523. The molecule has 0 radical (unpaired) electrons. The molecule has 5 heteroatoms. The van der Waals surface area contributed by atoms with Gasteiger partial charge in [0.05, 0.1) is 5.60 Å². The molecule has 166 valence electrons. The number of aromatic nitrogens is 2. The zero-order valence-electron chi connectivity index (χ0n) is 19.9. The third-order valence-corrected chi connectivity index (χ3v) is 5.08. The van der Waals surface area contributed by atoms with E-state index in [1.165, 1.54) is 0 Å². The molecule has 1 N–H and O–H groups in total. The summed E-state index contributed by atoms with van der Waals surface area (Å²) in [4.78, 5) is 17.2. The molecular formula is C26H34N2O3. The van der Waals surface area contributed by atoms with Crippen molar-refractivity contribution in [1.82, 2.24) is 9.55 Å². The zero-order chi connectivity index (χ0) is 23.1. The van der Waals surface area contributed by atoms with Gasteiger partial charge in [-0.05, 0) is 51.7 Å². The second kappa shape index (κ2) is 8.12. The Morgan fingerprint density at radius 1 is 1.06 bits per heavy atom. The predicted octanol–water partition coefficient (Wildman–Crippen LogP) is 6.31. The number of aliphatic carboxylic acids is 1. The molecule has 0 spiro atoms. The standard InChI is InChI=1S/C26H34N2O3/c1-16-9-11-18(12-10-16)21-19-13-14-28(15-25(3,4)5)23(19)27-17(2)20(21)22(24(29)30)31-26(6,7)8/h9-14,22H,15H2,1-8H3,(H,29,30). The highest BCUT2D eigenvalue weighted by molar-refractivity contribution is 5.97. The Balaban J connectivity index is 2.35. The highest BCUT2D eigenvalue weighted by Gasteiger charge is 2.32. The molecule has 0 aliphatic heterocycles. The van der Waals surface area contributed by atoms with Gasteiger partial charge in [-0.1, -0.05) is 50.6 Å². The van der Waals surface area contributed by atoms with Crippen LogP contribution in [0.3, 0.4) is 0 Å². The molecule has 0 saturated heterocycles. The SMILES string of the molecule is Cc1ccc(-c2c(C(OC(C)(C)C)C(=O)O)c(C)nc3c2ccn3CC(C)(C)C)cc1. The molecule has 1 unspecified atom stereocenters. The first-order valence-corrected chi connectivity index (χ1v) is 10.7. The van der Waals surface area contributed by atoms with Crippen molar-refractivity contribution in [1.29, 1.82) is 0 Å². The summed E-state index contributed by atoms with van der Waals surface area (Å²) in [5.74, 6) is -1.01. The second-order valence-electron chi connectivity index (χ2n) is 10.5. The van der Waals surface area contributed by atoms with Gasteiger partial charge < -0.3 is 14.4 Å². The fourth-order valence-electron chi connectivity index (χ4n) is 3.91. The van der Waals surface area contributed by atoms with Gasteiger partial charge in [0.25, 0.3) is 0 Å². The summed E-state index contributed by atoms with van der Waals surface area (Å²) in [6, 6.07) is 10.2. The molecule has 0 aliphatic rings. The molecule has 1 aromatic carbocycles. The maximum absolute atomic E-state index is 12.3. The second-order valence-corrected chi connectivity index (χ2v) is 10.5. The smallest absolute Gasteiger partial charge is 0.337 e. The van der Waals surface area contributed by atoms with Crippen LogP contribution in [0.2, 0.25) is 0 Å². The van der Waals surface area contributed by atoms with Gasteiger partial charge in [-0.3, -0.25) is 0 Å². The van der Waals surface area contributed by atoms with E-state index < -0.39 is 17.7 Å². The number of carbonyl (C=O) groups is 1. The van der Waals surface area contributed by atoms with Crippen LogP contribution in [0.15, 0.2) is 36.5 Å². The lowest BCUT2D eigenvalue weighted by molar-refractivity contribution is -0.160. The number of ether oxygens (including phenoxy) is 1. The van der Waals surface area contributed by atoms with Crippen molar-refractivity contribution in [2.45, 2.75) is 73.6 Å². The minimum atomic E-state index is -1.11. The van der Waals surface area contributed by atoms with Crippen molar-refractivity contribution < 1.29 is 14.6 Å². The summed E-state index contributed by atoms with van der Waals surface area (Å²) in [6.45, 7) is 16.9. The van der Waals surface area contributed by atoms with Gasteiger partial charge >= 0.3 is 5.97 Å². The van der Waals surface area contributed by atoms with Crippen molar-refractivity contribution >= 4 is 17.0 Å². The zero-order valence-corrected chi connectivity index (χ0v) is 19.9. The fraction of sp³-hybridized carbons (Fsp3) is 0.462. The third-order valence-electron chi connectivity index (χ3n) is 5.08. The number of hydrogen-bond donors (Lipinski definition) is 1. The van der Waals surface area contributed by atoms with Crippen molar-refractivity contribution in [2.24, 2.45) is 5.41 Å². The number of nitrogens with zero attached hydrogens (tertiary/aromatic N) is 2. The molecule has 0 bridgehead atoms. The summed E-state index contributed by atoms with van der Waals surface area (Å²) < 4.78 is 8.20. The maximum atomic E-state index is 12.3. The minimum Gasteiger partial charge on any atom is -0.479 e. The molecule has 3 rings (SSSR count). The Hall–Kier alpha value is -2.66. The lowest BCUT2D eigenvalue weighted by Gasteiger charge is -2.28. The number of carboxylic acid groups (broad SMARTS) is 1. The molecular weight excluding hydrogens is 388 g/mol. The van der Waals surface area contributed by atoms with E-state index in [1.807, 2.05) is 71.1 Å². The van der Waals surface area contributed by atoms with Crippen LogP contribution in [-0.4, -0.2) is 26.2 Å². The summed E-state index contributed by atoms with van der Waals surface area (Å²) >= 11 is 0. The largest absolute Gasteiger partial charge is 0.479 e. The number of rotatable bonds is 5.